The summed E-state index contributed by atoms with van der Waals surface area (Å²) in [6.45, 7) is 7.00. The number of hydrogen-bond acceptors (Lipinski definition) is 8. The lowest BCUT2D eigenvalue weighted by molar-refractivity contribution is -0.147. The van der Waals surface area contributed by atoms with Gasteiger partial charge in [-0.1, -0.05) is 19.9 Å². The number of aromatic nitrogens is 3. The van der Waals surface area contributed by atoms with E-state index in [4.69, 9.17) is 4.42 Å². The minimum atomic E-state index is -5.18. The monoisotopic (exact) mass is 628 g/mol. The lowest BCUT2D eigenvalue weighted by Gasteiger charge is -2.19. The summed E-state index contributed by atoms with van der Waals surface area (Å²) in [7, 11) is -5.18. The summed E-state index contributed by atoms with van der Waals surface area (Å²) in [6.07, 6.45) is -8.46. The largest absolute Gasteiger partial charge is 0.481 e. The number of alkyl halides is 5. The predicted octanol–water partition coefficient (Wildman–Crippen LogP) is 6.02. The van der Waals surface area contributed by atoms with Gasteiger partial charge in [0.1, 0.15) is 10.9 Å². The molecule has 3 rings (SSSR count). The molecule has 0 radical (unpaired) electrons. The Labute approximate surface area is 235 Å². The van der Waals surface area contributed by atoms with E-state index in [1.807, 2.05) is 0 Å². The molecule has 0 amide bonds. The van der Waals surface area contributed by atoms with Gasteiger partial charge in [-0.05, 0) is 39.2 Å². The fraction of sp³-hybridized carbons (Fsp3) is 0.500. The van der Waals surface area contributed by atoms with Crippen LogP contribution in [0.4, 0.5) is 26.3 Å². The molecule has 2 aromatic heterocycles. The number of carboxylic acids is 1. The summed E-state index contributed by atoms with van der Waals surface area (Å²) in [4.78, 5) is 14.5. The van der Waals surface area contributed by atoms with Gasteiger partial charge in [-0.25, -0.2) is 26.6 Å². The Morgan fingerprint density at radius 1 is 1.15 bits per heavy atom. The van der Waals surface area contributed by atoms with Gasteiger partial charge in [-0.3, -0.25) is 4.79 Å². The molecule has 0 aliphatic carbocycles. The molecule has 226 valence electrons. The van der Waals surface area contributed by atoms with Crippen molar-refractivity contribution in [3.8, 4) is 21.3 Å². The summed E-state index contributed by atoms with van der Waals surface area (Å²) in [5.74, 6) is -3.25. The van der Waals surface area contributed by atoms with Crippen LogP contribution >= 0.6 is 11.3 Å². The van der Waals surface area contributed by atoms with Crippen LogP contribution in [0.15, 0.2) is 21.4 Å². The van der Waals surface area contributed by atoms with E-state index >= 15 is 4.39 Å². The van der Waals surface area contributed by atoms with Gasteiger partial charge in [0, 0.05) is 12.0 Å². The predicted molar refractivity (Wildman–Crippen MR) is 135 cm³/mol. The van der Waals surface area contributed by atoms with Gasteiger partial charge in [-0.15, -0.1) is 21.5 Å². The van der Waals surface area contributed by atoms with Crippen LogP contribution in [0.2, 0.25) is 0 Å². The number of sulfonamides is 1. The number of thiazole rings is 1. The van der Waals surface area contributed by atoms with Crippen LogP contribution in [0.25, 0.3) is 21.3 Å². The third kappa shape index (κ3) is 7.24. The molecule has 0 bridgehead atoms. The van der Waals surface area contributed by atoms with Gasteiger partial charge in [0.05, 0.1) is 21.5 Å². The molecular formula is C24H26F6N4O5S2. The molecule has 0 saturated heterocycles. The second-order valence-electron chi connectivity index (χ2n) is 10.3. The molecule has 3 aromatic rings. The second-order valence-corrected chi connectivity index (χ2v) is 13.0. The van der Waals surface area contributed by atoms with Crippen LogP contribution in [0.1, 0.15) is 58.2 Å². The number of benzene rings is 1. The highest BCUT2D eigenvalue weighted by atomic mass is 32.2. The zero-order chi connectivity index (χ0) is 31.1. The Balaban J connectivity index is 2.13. The first-order valence-electron chi connectivity index (χ1n) is 12.0. The van der Waals surface area contributed by atoms with Gasteiger partial charge in [0.2, 0.25) is 15.9 Å². The zero-order valence-corrected chi connectivity index (χ0v) is 23.9. The van der Waals surface area contributed by atoms with Crippen molar-refractivity contribution >= 4 is 27.3 Å². The lowest BCUT2D eigenvalue weighted by atomic mass is 9.90. The molecule has 2 heterocycles. The Kier molecular flexibility index (Phi) is 9.25. The zero-order valence-electron chi connectivity index (χ0n) is 22.3. The fourth-order valence-corrected chi connectivity index (χ4v) is 5.97. The van der Waals surface area contributed by atoms with Gasteiger partial charge < -0.3 is 9.52 Å². The highest BCUT2D eigenvalue weighted by molar-refractivity contribution is 7.89. The Bertz CT molecular complexity index is 1530. The molecular weight excluding hydrogens is 602 g/mol. The standard InChI is InChI=1S/C24H26F6N4O5S2/c1-10(2)8-13-18(40-21(31-13)20-33-32-15(39-20)9-23(4,5)22(35)36)12-6-7-14(17(25)16(12)19(26)27)41(37,38)34-11(3)24(28,29)30/h6-7,10-11,19,34H,8-9H2,1-5H3,(H,35,36)/t11-/m0/s1. The van der Waals surface area contributed by atoms with Crippen LogP contribution in [0.5, 0.6) is 0 Å². The third-order valence-electron chi connectivity index (χ3n) is 5.84. The lowest BCUT2D eigenvalue weighted by Crippen LogP contribution is -2.43. The first kappa shape index (κ1) is 32.5. The highest BCUT2D eigenvalue weighted by Gasteiger charge is 2.40. The molecule has 1 atom stereocenters. The molecule has 0 fully saturated rings. The van der Waals surface area contributed by atoms with Crippen molar-refractivity contribution in [3.63, 3.8) is 0 Å². The van der Waals surface area contributed by atoms with Crippen molar-refractivity contribution in [2.75, 3.05) is 0 Å². The molecule has 0 unspecified atom stereocenters. The van der Waals surface area contributed by atoms with Crippen molar-refractivity contribution in [1.82, 2.24) is 19.9 Å². The van der Waals surface area contributed by atoms with E-state index in [2.05, 4.69) is 15.2 Å². The van der Waals surface area contributed by atoms with Crippen molar-refractivity contribution in [2.45, 2.75) is 71.0 Å². The first-order valence-corrected chi connectivity index (χ1v) is 14.3. The Morgan fingerprint density at radius 3 is 2.32 bits per heavy atom. The van der Waals surface area contributed by atoms with E-state index in [0.29, 0.717) is 13.0 Å². The smallest absolute Gasteiger partial charge is 0.404 e. The second kappa shape index (κ2) is 11.7. The van der Waals surface area contributed by atoms with Crippen molar-refractivity contribution in [1.29, 1.82) is 0 Å². The number of halogens is 6. The molecule has 1 aromatic carbocycles. The van der Waals surface area contributed by atoms with Crippen LogP contribution in [-0.2, 0) is 27.7 Å². The summed E-state index contributed by atoms with van der Waals surface area (Å²) < 4.78 is 114. The van der Waals surface area contributed by atoms with E-state index in [-0.39, 0.29) is 46.1 Å². The average molecular weight is 629 g/mol. The van der Waals surface area contributed by atoms with Gasteiger partial charge in [-0.2, -0.15) is 17.9 Å². The minimum Gasteiger partial charge on any atom is -0.481 e. The number of carbonyl (C=O) groups is 1. The molecule has 0 spiro atoms. The molecule has 2 N–H and O–H groups in total. The number of carboxylic acid groups (broad SMARTS) is 1. The normalized spacial score (nSPS) is 13.8. The van der Waals surface area contributed by atoms with Crippen LogP contribution in [0, 0.1) is 17.2 Å². The van der Waals surface area contributed by atoms with Crippen molar-refractivity contribution in [3.05, 3.63) is 35.1 Å². The number of nitrogens with zero attached hydrogens (tertiary/aromatic N) is 3. The van der Waals surface area contributed by atoms with E-state index in [0.717, 1.165) is 17.4 Å². The number of aliphatic carboxylic acids is 1. The number of hydrogen-bond donors (Lipinski definition) is 2. The van der Waals surface area contributed by atoms with Crippen molar-refractivity contribution in [2.24, 2.45) is 11.3 Å². The molecule has 17 heteroatoms. The molecule has 0 aliphatic heterocycles. The SMILES string of the molecule is CC(C)Cc1nc(-c2nnc(CC(C)(C)C(=O)O)o2)sc1-c1ccc(S(=O)(=O)N[C@@H](C)C(F)(F)F)c(F)c1C(F)F. The fourth-order valence-electron chi connectivity index (χ4n) is 3.60. The van der Waals surface area contributed by atoms with E-state index in [1.165, 1.54) is 18.6 Å². The summed E-state index contributed by atoms with van der Waals surface area (Å²) in [5, 5.41) is 17.1. The van der Waals surface area contributed by atoms with Crippen LogP contribution in [0.3, 0.4) is 0 Å². The van der Waals surface area contributed by atoms with Gasteiger partial charge in [0.25, 0.3) is 12.3 Å². The Morgan fingerprint density at radius 2 is 1.78 bits per heavy atom. The summed E-state index contributed by atoms with van der Waals surface area (Å²) >= 11 is 0.775. The van der Waals surface area contributed by atoms with E-state index in [9.17, 15) is 40.3 Å². The topological polar surface area (TPSA) is 135 Å². The maximum Gasteiger partial charge on any atom is 0.404 e. The van der Waals surface area contributed by atoms with E-state index in [1.54, 1.807) is 13.8 Å². The quantitative estimate of drug-likeness (QED) is 0.246. The average Bonchev–Trinajstić information content (AvgIpc) is 3.43. The number of nitrogens with one attached hydrogen (secondary N) is 1. The van der Waals surface area contributed by atoms with E-state index < -0.39 is 61.9 Å². The maximum absolute atomic E-state index is 15.4. The Hall–Kier alpha value is -3.05. The number of rotatable bonds is 11. The van der Waals surface area contributed by atoms with Crippen LogP contribution < -0.4 is 4.72 Å². The molecule has 0 aliphatic rings. The summed E-state index contributed by atoms with van der Waals surface area (Å²) in [5.41, 5.74) is -2.75. The minimum absolute atomic E-state index is 0.0241. The molecule has 0 saturated carbocycles. The maximum atomic E-state index is 15.4. The van der Waals surface area contributed by atoms with Gasteiger partial charge >= 0.3 is 12.1 Å². The first-order chi connectivity index (χ1) is 18.7. The molecule has 41 heavy (non-hydrogen) atoms. The van der Waals surface area contributed by atoms with Crippen LogP contribution in [-0.4, -0.2) is 46.9 Å². The van der Waals surface area contributed by atoms with Crippen molar-refractivity contribution < 1.29 is 49.1 Å². The molecule has 9 nitrogen and oxygen atoms in total. The third-order valence-corrected chi connectivity index (χ3v) is 8.52. The highest BCUT2D eigenvalue weighted by Crippen LogP contribution is 2.43. The van der Waals surface area contributed by atoms with Gasteiger partial charge in [0.15, 0.2) is 10.8 Å². The summed E-state index contributed by atoms with van der Waals surface area (Å²) in [6, 6.07) is -1.12.